The van der Waals surface area contributed by atoms with Crippen molar-refractivity contribution in [3.05, 3.63) is 35.9 Å². The predicted octanol–water partition coefficient (Wildman–Crippen LogP) is 4.56. The maximum atomic E-state index is 12.4. The molecule has 0 aliphatic rings. The molecular formula is C20H33NO2. The third-order valence-electron chi connectivity index (χ3n) is 4.68. The number of aliphatic hydroxyl groups excluding tert-OH is 1. The minimum Gasteiger partial charge on any atom is -0.386 e. The summed E-state index contributed by atoms with van der Waals surface area (Å²) >= 11 is 0. The summed E-state index contributed by atoms with van der Waals surface area (Å²) in [6, 6.07) is 9.32. The Kier molecular flexibility index (Phi) is 8.93. The van der Waals surface area contributed by atoms with Crippen LogP contribution in [-0.4, -0.2) is 29.0 Å². The molecule has 0 aliphatic carbocycles. The van der Waals surface area contributed by atoms with Gasteiger partial charge in [-0.1, -0.05) is 76.3 Å². The highest BCUT2D eigenvalue weighted by atomic mass is 16.3. The highest BCUT2D eigenvalue weighted by molar-refractivity contribution is 5.76. The van der Waals surface area contributed by atoms with Gasteiger partial charge >= 0.3 is 0 Å². The van der Waals surface area contributed by atoms with Gasteiger partial charge in [0.05, 0.1) is 12.1 Å². The quantitative estimate of drug-likeness (QED) is 0.642. The van der Waals surface area contributed by atoms with E-state index in [4.69, 9.17) is 0 Å². The molecule has 0 saturated heterocycles. The topological polar surface area (TPSA) is 40.5 Å². The maximum Gasteiger partial charge on any atom is 0.222 e. The third-order valence-corrected chi connectivity index (χ3v) is 4.68. The first-order valence-electron chi connectivity index (χ1n) is 8.96. The van der Waals surface area contributed by atoms with Crippen LogP contribution in [0.2, 0.25) is 0 Å². The zero-order chi connectivity index (χ0) is 17.2. The van der Waals surface area contributed by atoms with Crippen LogP contribution in [0.4, 0.5) is 0 Å². The van der Waals surface area contributed by atoms with Gasteiger partial charge in [0.15, 0.2) is 0 Å². The van der Waals surface area contributed by atoms with Gasteiger partial charge in [-0.2, -0.15) is 0 Å². The van der Waals surface area contributed by atoms with Gasteiger partial charge in [0.2, 0.25) is 5.91 Å². The molecule has 0 bridgehead atoms. The average molecular weight is 319 g/mol. The fraction of sp³-hybridized carbons (Fsp3) is 0.650. The number of amides is 1. The number of carbonyl (C=O) groups is 1. The second-order valence-corrected chi connectivity index (χ2v) is 6.76. The van der Waals surface area contributed by atoms with Crippen LogP contribution in [0, 0.1) is 5.92 Å². The van der Waals surface area contributed by atoms with Crippen molar-refractivity contribution in [2.75, 3.05) is 7.05 Å². The van der Waals surface area contributed by atoms with E-state index in [-0.39, 0.29) is 11.9 Å². The number of nitrogens with zero attached hydrogens (tertiary/aromatic N) is 1. The number of hydrogen-bond donors (Lipinski definition) is 1. The summed E-state index contributed by atoms with van der Waals surface area (Å²) in [6.07, 6.45) is 6.00. The first-order valence-corrected chi connectivity index (χ1v) is 8.96. The lowest BCUT2D eigenvalue weighted by Crippen LogP contribution is -2.39. The molecule has 0 fully saturated rings. The molecule has 1 rings (SSSR count). The summed E-state index contributed by atoms with van der Waals surface area (Å²) in [5, 5.41) is 10.4. The van der Waals surface area contributed by atoms with Gasteiger partial charge in [-0.15, -0.1) is 0 Å². The molecular weight excluding hydrogens is 286 g/mol. The molecule has 3 heteroatoms. The normalized spacial score (nSPS) is 15.0. The fourth-order valence-corrected chi connectivity index (χ4v) is 2.83. The Bertz CT molecular complexity index is 446. The van der Waals surface area contributed by atoms with Crippen LogP contribution in [0.3, 0.4) is 0 Å². The lowest BCUT2D eigenvalue weighted by atomic mass is 9.97. The largest absolute Gasteiger partial charge is 0.386 e. The molecule has 0 spiro atoms. The third kappa shape index (κ3) is 6.74. The van der Waals surface area contributed by atoms with Gasteiger partial charge in [0, 0.05) is 13.5 Å². The van der Waals surface area contributed by atoms with Crippen LogP contribution < -0.4 is 0 Å². The minimum atomic E-state index is -0.648. The van der Waals surface area contributed by atoms with E-state index in [0.29, 0.717) is 12.3 Å². The number of rotatable bonds is 10. The van der Waals surface area contributed by atoms with Crippen LogP contribution in [0.5, 0.6) is 0 Å². The fourth-order valence-electron chi connectivity index (χ4n) is 2.83. The van der Waals surface area contributed by atoms with Crippen molar-refractivity contribution in [2.24, 2.45) is 5.92 Å². The summed E-state index contributed by atoms with van der Waals surface area (Å²) in [7, 11) is 1.79. The number of aliphatic hydroxyl groups is 1. The second kappa shape index (κ2) is 10.4. The maximum absolute atomic E-state index is 12.4. The molecule has 1 aromatic rings. The van der Waals surface area contributed by atoms with E-state index in [1.54, 1.807) is 11.9 Å². The minimum absolute atomic E-state index is 0.121. The SMILES string of the molecule is CCCCCCC(C)CC(=O)N(C)[C@@H](C)[C@H](O)c1ccccc1. The Hall–Kier alpha value is -1.35. The van der Waals surface area contributed by atoms with Gasteiger partial charge in [-0.3, -0.25) is 4.79 Å². The Morgan fingerprint density at radius 1 is 1.13 bits per heavy atom. The Morgan fingerprint density at radius 2 is 1.78 bits per heavy atom. The van der Waals surface area contributed by atoms with E-state index in [1.807, 2.05) is 37.3 Å². The average Bonchev–Trinajstić information content (AvgIpc) is 2.57. The summed E-state index contributed by atoms with van der Waals surface area (Å²) in [4.78, 5) is 14.1. The summed E-state index contributed by atoms with van der Waals surface area (Å²) < 4.78 is 0. The van der Waals surface area contributed by atoms with Crippen molar-refractivity contribution in [2.45, 2.75) is 71.4 Å². The molecule has 1 N–H and O–H groups in total. The Balaban J connectivity index is 2.45. The van der Waals surface area contributed by atoms with Crippen molar-refractivity contribution in [3.63, 3.8) is 0 Å². The van der Waals surface area contributed by atoms with Gasteiger partial charge in [-0.05, 0) is 18.4 Å². The van der Waals surface area contributed by atoms with Gasteiger partial charge in [0.25, 0.3) is 0 Å². The van der Waals surface area contributed by atoms with Gasteiger partial charge in [0.1, 0.15) is 0 Å². The van der Waals surface area contributed by atoms with Crippen molar-refractivity contribution in [3.8, 4) is 0 Å². The Labute approximate surface area is 141 Å². The molecule has 0 aliphatic heterocycles. The van der Waals surface area contributed by atoms with Crippen LogP contribution in [0.25, 0.3) is 0 Å². The summed E-state index contributed by atoms with van der Waals surface area (Å²) in [5.74, 6) is 0.526. The van der Waals surface area contributed by atoms with Crippen LogP contribution in [-0.2, 0) is 4.79 Å². The molecule has 3 atom stereocenters. The zero-order valence-corrected chi connectivity index (χ0v) is 15.2. The predicted molar refractivity (Wildman–Crippen MR) is 96.2 cm³/mol. The van der Waals surface area contributed by atoms with Crippen molar-refractivity contribution < 1.29 is 9.90 Å². The smallest absolute Gasteiger partial charge is 0.222 e. The highest BCUT2D eigenvalue weighted by Crippen LogP contribution is 2.22. The first kappa shape index (κ1) is 19.7. The van der Waals surface area contributed by atoms with E-state index in [0.717, 1.165) is 12.0 Å². The summed E-state index contributed by atoms with van der Waals surface area (Å²) in [5.41, 5.74) is 0.854. The van der Waals surface area contributed by atoms with Crippen molar-refractivity contribution in [1.82, 2.24) is 4.90 Å². The first-order chi connectivity index (χ1) is 11.0. The molecule has 0 radical (unpaired) electrons. The second-order valence-electron chi connectivity index (χ2n) is 6.76. The van der Waals surface area contributed by atoms with Crippen molar-refractivity contribution in [1.29, 1.82) is 0 Å². The lowest BCUT2D eigenvalue weighted by Gasteiger charge is -2.30. The molecule has 1 amide bonds. The van der Waals surface area contributed by atoms with Crippen LogP contribution in [0.1, 0.15) is 71.0 Å². The summed E-state index contributed by atoms with van der Waals surface area (Å²) in [6.45, 7) is 6.26. The van der Waals surface area contributed by atoms with E-state index in [9.17, 15) is 9.90 Å². The zero-order valence-electron chi connectivity index (χ0n) is 15.2. The van der Waals surface area contributed by atoms with Crippen LogP contribution in [0.15, 0.2) is 30.3 Å². The van der Waals surface area contributed by atoms with Gasteiger partial charge in [-0.25, -0.2) is 0 Å². The molecule has 23 heavy (non-hydrogen) atoms. The number of unbranched alkanes of at least 4 members (excludes halogenated alkanes) is 3. The number of benzene rings is 1. The standard InChI is InChI=1S/C20H33NO2/c1-5-6-7-9-12-16(2)15-19(22)21(4)17(3)20(23)18-13-10-8-11-14-18/h8,10-11,13-14,16-17,20,23H,5-7,9,12,15H2,1-4H3/t16?,17-,20-/m0/s1. The highest BCUT2D eigenvalue weighted by Gasteiger charge is 2.24. The molecule has 0 aromatic heterocycles. The Morgan fingerprint density at radius 3 is 2.39 bits per heavy atom. The van der Waals surface area contributed by atoms with E-state index >= 15 is 0 Å². The van der Waals surface area contributed by atoms with E-state index in [2.05, 4.69) is 13.8 Å². The van der Waals surface area contributed by atoms with E-state index in [1.165, 1.54) is 25.7 Å². The molecule has 1 unspecified atom stereocenters. The molecule has 0 heterocycles. The number of likely N-dealkylation sites (N-methyl/N-ethyl adjacent to an activating group) is 1. The van der Waals surface area contributed by atoms with Gasteiger partial charge < -0.3 is 10.0 Å². The van der Waals surface area contributed by atoms with E-state index < -0.39 is 6.10 Å². The molecule has 3 nitrogen and oxygen atoms in total. The monoisotopic (exact) mass is 319 g/mol. The number of carbonyl (C=O) groups excluding carboxylic acids is 1. The molecule has 0 saturated carbocycles. The lowest BCUT2D eigenvalue weighted by molar-refractivity contribution is -0.134. The molecule has 1 aromatic carbocycles. The van der Waals surface area contributed by atoms with Crippen LogP contribution >= 0.6 is 0 Å². The number of hydrogen-bond acceptors (Lipinski definition) is 2. The van der Waals surface area contributed by atoms with Crippen molar-refractivity contribution >= 4 is 5.91 Å². The molecule has 130 valence electrons.